The number of fused-ring (bicyclic) bond motifs is 1. The molecule has 0 saturated carbocycles. The Balaban J connectivity index is 1.49. The minimum Gasteiger partial charge on any atom is -0.338 e. The lowest BCUT2D eigenvalue weighted by atomic mass is 10.1. The van der Waals surface area contributed by atoms with Crippen LogP contribution in [0.2, 0.25) is 0 Å². The molecule has 3 aromatic heterocycles. The number of nitrogens with zero attached hydrogens (tertiary/aromatic N) is 5. The van der Waals surface area contributed by atoms with E-state index in [1.54, 1.807) is 42.1 Å². The molecule has 9 heteroatoms. The average Bonchev–Trinajstić information content (AvgIpc) is 3.35. The molecule has 3 heterocycles. The van der Waals surface area contributed by atoms with Gasteiger partial charge < -0.3 is 4.52 Å². The lowest BCUT2D eigenvalue weighted by Gasteiger charge is -2.14. The zero-order chi connectivity index (χ0) is 23.7. The maximum absolute atomic E-state index is 14.0. The second kappa shape index (κ2) is 9.18. The second-order valence-corrected chi connectivity index (χ2v) is 9.15. The first-order chi connectivity index (χ1) is 16.5. The topological polar surface area (TPSA) is 86.7 Å². The molecule has 5 aromatic rings. The van der Waals surface area contributed by atoms with Crippen LogP contribution in [-0.2, 0) is 6.54 Å². The summed E-state index contributed by atoms with van der Waals surface area (Å²) in [6.07, 6.45) is 3.42. The predicted octanol–water partition coefficient (Wildman–Crippen LogP) is 5.19. The van der Waals surface area contributed by atoms with E-state index < -0.39 is 0 Å². The first-order valence-corrected chi connectivity index (χ1v) is 11.5. The minimum atomic E-state index is -0.328. The standard InChI is InChI=1S/C25H20FN5O2S/c1-15-9-10-18(12-20(15)26)22-29-23(33-30-22)16(2)34-25-28-21-8-4-3-7-19(21)24(32)31(25)14-17-6-5-11-27-13-17/h3-13,16H,14H2,1-2H3. The molecule has 5 rings (SSSR count). The molecular weight excluding hydrogens is 453 g/mol. The Morgan fingerprint density at radius 3 is 2.76 bits per heavy atom. The van der Waals surface area contributed by atoms with Crippen molar-refractivity contribution < 1.29 is 8.91 Å². The van der Waals surface area contributed by atoms with Crippen LogP contribution in [0, 0.1) is 12.7 Å². The number of thioether (sulfide) groups is 1. The summed E-state index contributed by atoms with van der Waals surface area (Å²) in [7, 11) is 0. The Bertz CT molecular complexity index is 1530. The van der Waals surface area contributed by atoms with Gasteiger partial charge in [0.1, 0.15) is 5.82 Å². The molecule has 0 aliphatic heterocycles. The molecule has 0 spiro atoms. The van der Waals surface area contributed by atoms with E-state index in [4.69, 9.17) is 9.51 Å². The maximum atomic E-state index is 14.0. The lowest BCUT2D eigenvalue weighted by Crippen LogP contribution is -2.24. The van der Waals surface area contributed by atoms with E-state index in [2.05, 4.69) is 15.1 Å². The molecular formula is C25H20FN5O2S. The number of hydrogen-bond donors (Lipinski definition) is 0. The highest BCUT2D eigenvalue weighted by Gasteiger charge is 2.21. The summed E-state index contributed by atoms with van der Waals surface area (Å²) in [6, 6.07) is 15.8. The van der Waals surface area contributed by atoms with Crippen LogP contribution in [0.3, 0.4) is 0 Å². The highest BCUT2D eigenvalue weighted by Crippen LogP contribution is 2.34. The average molecular weight is 474 g/mol. The summed E-state index contributed by atoms with van der Waals surface area (Å²) in [5, 5.41) is 4.79. The van der Waals surface area contributed by atoms with Gasteiger partial charge in [-0.15, -0.1) is 0 Å². The molecule has 0 N–H and O–H groups in total. The number of halogens is 1. The van der Waals surface area contributed by atoms with E-state index in [-0.39, 0.29) is 16.6 Å². The number of aromatic nitrogens is 5. The highest BCUT2D eigenvalue weighted by molar-refractivity contribution is 7.99. The third-order valence-electron chi connectivity index (χ3n) is 5.39. The SMILES string of the molecule is Cc1ccc(-c2noc(C(C)Sc3nc4ccccc4c(=O)n3Cc3cccnc3)n2)cc1F. The second-order valence-electron chi connectivity index (χ2n) is 7.84. The van der Waals surface area contributed by atoms with Crippen LogP contribution in [-0.4, -0.2) is 24.7 Å². The lowest BCUT2D eigenvalue weighted by molar-refractivity contribution is 0.380. The highest BCUT2D eigenvalue weighted by atomic mass is 32.2. The number of rotatable bonds is 6. The fourth-order valence-corrected chi connectivity index (χ4v) is 4.45. The molecule has 0 saturated heterocycles. The summed E-state index contributed by atoms with van der Waals surface area (Å²) in [6.45, 7) is 3.92. The molecule has 0 bridgehead atoms. The summed E-state index contributed by atoms with van der Waals surface area (Å²) >= 11 is 1.35. The summed E-state index contributed by atoms with van der Waals surface area (Å²) in [4.78, 5) is 26.7. The quantitative estimate of drug-likeness (QED) is 0.248. The fourth-order valence-electron chi connectivity index (χ4n) is 3.51. The van der Waals surface area contributed by atoms with Crippen LogP contribution >= 0.6 is 11.8 Å². The van der Waals surface area contributed by atoms with Crippen molar-refractivity contribution >= 4 is 22.7 Å². The molecule has 170 valence electrons. The van der Waals surface area contributed by atoms with Gasteiger partial charge in [-0.2, -0.15) is 4.98 Å². The van der Waals surface area contributed by atoms with Crippen molar-refractivity contribution in [3.05, 3.63) is 100 Å². The maximum Gasteiger partial charge on any atom is 0.262 e. The predicted molar refractivity (Wildman–Crippen MR) is 128 cm³/mol. The van der Waals surface area contributed by atoms with Gasteiger partial charge in [-0.3, -0.25) is 14.3 Å². The zero-order valence-corrected chi connectivity index (χ0v) is 19.3. The van der Waals surface area contributed by atoms with Crippen molar-refractivity contribution in [3.63, 3.8) is 0 Å². The number of aryl methyl sites for hydroxylation is 1. The van der Waals surface area contributed by atoms with Crippen molar-refractivity contribution in [2.24, 2.45) is 0 Å². The Hall–Kier alpha value is -3.85. The van der Waals surface area contributed by atoms with Crippen molar-refractivity contribution in [3.8, 4) is 11.4 Å². The molecule has 1 unspecified atom stereocenters. The van der Waals surface area contributed by atoms with Gasteiger partial charge in [-0.05, 0) is 49.2 Å². The van der Waals surface area contributed by atoms with Crippen LogP contribution in [0.1, 0.15) is 29.2 Å². The third kappa shape index (κ3) is 4.34. The molecule has 2 aromatic carbocycles. The van der Waals surface area contributed by atoms with Crippen LogP contribution in [0.5, 0.6) is 0 Å². The van der Waals surface area contributed by atoms with E-state index in [0.717, 1.165) is 5.56 Å². The van der Waals surface area contributed by atoms with Crippen molar-refractivity contribution in [1.29, 1.82) is 0 Å². The van der Waals surface area contributed by atoms with E-state index >= 15 is 0 Å². The van der Waals surface area contributed by atoms with Gasteiger partial charge >= 0.3 is 0 Å². The third-order valence-corrected chi connectivity index (χ3v) is 6.47. The normalized spacial score (nSPS) is 12.2. The van der Waals surface area contributed by atoms with Crippen molar-refractivity contribution in [2.45, 2.75) is 30.8 Å². The largest absolute Gasteiger partial charge is 0.338 e. The molecule has 0 amide bonds. The van der Waals surface area contributed by atoms with Gasteiger partial charge in [-0.25, -0.2) is 9.37 Å². The van der Waals surface area contributed by atoms with E-state index in [0.29, 0.717) is 45.4 Å². The van der Waals surface area contributed by atoms with Gasteiger partial charge in [0.15, 0.2) is 5.16 Å². The zero-order valence-electron chi connectivity index (χ0n) is 18.5. The summed E-state index contributed by atoms with van der Waals surface area (Å²) in [5.74, 6) is 0.336. The molecule has 0 fully saturated rings. The molecule has 0 aliphatic rings. The van der Waals surface area contributed by atoms with Gasteiger partial charge in [0, 0.05) is 18.0 Å². The fraction of sp³-hybridized carbons (Fsp3) is 0.160. The number of para-hydroxylation sites is 1. The summed E-state index contributed by atoms with van der Waals surface area (Å²) in [5.41, 5.74) is 2.45. The Labute approximate surface area is 198 Å². The van der Waals surface area contributed by atoms with Gasteiger partial charge in [0.05, 0.1) is 22.7 Å². The molecule has 1 atom stereocenters. The van der Waals surface area contributed by atoms with Crippen LogP contribution in [0.25, 0.3) is 22.3 Å². The van der Waals surface area contributed by atoms with Crippen LogP contribution in [0.4, 0.5) is 4.39 Å². The van der Waals surface area contributed by atoms with E-state index in [9.17, 15) is 9.18 Å². The molecule has 0 radical (unpaired) electrons. The molecule has 7 nitrogen and oxygen atoms in total. The Morgan fingerprint density at radius 1 is 1.12 bits per heavy atom. The van der Waals surface area contributed by atoms with E-state index in [1.165, 1.54) is 17.8 Å². The van der Waals surface area contributed by atoms with Gasteiger partial charge in [0.25, 0.3) is 5.56 Å². The molecule has 34 heavy (non-hydrogen) atoms. The first kappa shape index (κ1) is 22.0. The minimum absolute atomic E-state index is 0.134. The van der Waals surface area contributed by atoms with Gasteiger partial charge in [-0.1, -0.05) is 47.3 Å². The smallest absolute Gasteiger partial charge is 0.262 e. The van der Waals surface area contributed by atoms with Crippen LogP contribution < -0.4 is 5.56 Å². The molecule has 0 aliphatic carbocycles. The van der Waals surface area contributed by atoms with Crippen LogP contribution in [0.15, 0.2) is 81.5 Å². The Kier molecular flexibility index (Phi) is 5.93. The van der Waals surface area contributed by atoms with Gasteiger partial charge in [0.2, 0.25) is 11.7 Å². The monoisotopic (exact) mass is 473 g/mol. The number of pyridine rings is 1. The number of benzene rings is 2. The Morgan fingerprint density at radius 2 is 1.97 bits per heavy atom. The van der Waals surface area contributed by atoms with Crippen molar-refractivity contribution in [1.82, 2.24) is 24.7 Å². The number of hydrogen-bond acceptors (Lipinski definition) is 7. The first-order valence-electron chi connectivity index (χ1n) is 10.6. The van der Waals surface area contributed by atoms with E-state index in [1.807, 2.05) is 37.3 Å². The van der Waals surface area contributed by atoms with Crippen molar-refractivity contribution in [2.75, 3.05) is 0 Å². The summed E-state index contributed by atoms with van der Waals surface area (Å²) < 4.78 is 21.1.